The molecule has 1 unspecified atom stereocenters. The number of alkyl halides is 1. The van der Waals surface area contributed by atoms with Crippen LogP contribution in [0, 0.1) is 34.5 Å². The molecular weight excluding hydrogens is 356 g/mol. The lowest BCUT2D eigenvalue weighted by Gasteiger charge is -2.60. The molecule has 0 saturated heterocycles. The van der Waals surface area contributed by atoms with Crippen LogP contribution in [0.15, 0.2) is 12.2 Å². The third kappa shape index (κ3) is 2.17. The third-order valence-corrected chi connectivity index (χ3v) is 9.15. The van der Waals surface area contributed by atoms with Crippen molar-refractivity contribution >= 4 is 15.9 Å². The molecule has 4 heteroatoms. The van der Waals surface area contributed by atoms with E-state index in [1.165, 1.54) is 0 Å². The number of halogens is 1. The van der Waals surface area contributed by atoms with Gasteiger partial charge in [0.15, 0.2) is 0 Å². The molecule has 3 saturated carbocycles. The van der Waals surface area contributed by atoms with Gasteiger partial charge in [-0.25, -0.2) is 0 Å². The van der Waals surface area contributed by atoms with E-state index in [-0.39, 0.29) is 29.1 Å². The highest BCUT2D eigenvalue weighted by Crippen LogP contribution is 2.65. The van der Waals surface area contributed by atoms with Crippen LogP contribution in [-0.4, -0.2) is 39.0 Å². The van der Waals surface area contributed by atoms with E-state index in [0.717, 1.165) is 43.9 Å². The fraction of sp³-hybridized carbons (Fsp3) is 0.895. The van der Waals surface area contributed by atoms with Crippen LogP contribution in [-0.2, 0) is 0 Å². The van der Waals surface area contributed by atoms with Gasteiger partial charge in [-0.05, 0) is 67.6 Å². The zero-order chi connectivity index (χ0) is 16.4. The van der Waals surface area contributed by atoms with Crippen molar-refractivity contribution in [3.8, 4) is 0 Å². The van der Waals surface area contributed by atoms with Crippen molar-refractivity contribution < 1.29 is 15.3 Å². The highest BCUT2D eigenvalue weighted by molar-refractivity contribution is 9.09. The summed E-state index contributed by atoms with van der Waals surface area (Å²) in [5.41, 5.74) is 0.0539. The number of allylic oxidation sites excluding steroid dienone is 1. The van der Waals surface area contributed by atoms with E-state index in [1.54, 1.807) is 0 Å². The van der Waals surface area contributed by atoms with Crippen LogP contribution in [0.4, 0.5) is 0 Å². The van der Waals surface area contributed by atoms with Crippen LogP contribution in [0.2, 0.25) is 0 Å². The number of rotatable bonds is 1. The molecule has 3 fully saturated rings. The van der Waals surface area contributed by atoms with Gasteiger partial charge in [-0.2, -0.15) is 0 Å². The molecule has 0 bridgehead atoms. The Labute approximate surface area is 147 Å². The van der Waals surface area contributed by atoms with Crippen molar-refractivity contribution in [2.75, 3.05) is 5.33 Å². The molecule has 9 atom stereocenters. The topological polar surface area (TPSA) is 60.7 Å². The Balaban J connectivity index is 1.72. The Morgan fingerprint density at radius 1 is 1.09 bits per heavy atom. The molecule has 0 aromatic heterocycles. The summed E-state index contributed by atoms with van der Waals surface area (Å²) in [5, 5.41) is 32.5. The Kier molecular flexibility index (Phi) is 4.00. The van der Waals surface area contributed by atoms with Gasteiger partial charge >= 0.3 is 0 Å². The molecular formula is C19H29BrO3. The Morgan fingerprint density at radius 3 is 2.61 bits per heavy atom. The molecule has 3 nitrogen and oxygen atoms in total. The van der Waals surface area contributed by atoms with Crippen LogP contribution in [0.25, 0.3) is 0 Å². The Bertz CT molecular complexity index is 509. The number of aliphatic hydroxyl groups is 3. The summed E-state index contributed by atoms with van der Waals surface area (Å²) >= 11 is 3.69. The van der Waals surface area contributed by atoms with E-state index < -0.39 is 0 Å². The monoisotopic (exact) mass is 384 g/mol. The van der Waals surface area contributed by atoms with E-state index in [2.05, 4.69) is 28.9 Å². The van der Waals surface area contributed by atoms with Gasteiger partial charge in [0.05, 0.1) is 18.3 Å². The molecule has 23 heavy (non-hydrogen) atoms. The summed E-state index contributed by atoms with van der Waals surface area (Å²) in [5.74, 6) is 1.56. The Morgan fingerprint density at radius 2 is 1.87 bits per heavy atom. The smallest absolute Gasteiger partial charge is 0.0724 e. The van der Waals surface area contributed by atoms with Crippen LogP contribution in [0.3, 0.4) is 0 Å². The molecule has 0 spiro atoms. The maximum Gasteiger partial charge on any atom is 0.0724 e. The normalized spacial score (nSPS) is 58.4. The minimum atomic E-state index is -0.352. The molecule has 0 amide bonds. The summed E-state index contributed by atoms with van der Waals surface area (Å²) in [7, 11) is 0. The SMILES string of the molecule is C[C@]12C=C[C@H](O)CC1C[C@@H](O)[C@H]1[C@@H]3CC[C@@H](O)[C@@]3(CBr)CC[C@@H]12. The predicted octanol–water partition coefficient (Wildman–Crippen LogP) is 2.87. The van der Waals surface area contributed by atoms with Crippen molar-refractivity contribution in [3.05, 3.63) is 12.2 Å². The molecule has 0 aliphatic heterocycles. The molecule has 0 aromatic carbocycles. The second-order valence-electron chi connectivity index (χ2n) is 8.82. The third-order valence-electron chi connectivity index (χ3n) is 8.10. The standard InChI is InChI=1S/C19H29BrO3/c1-18-6-4-12(21)8-11(18)9-15(22)17-13(18)5-7-19(10-20)14(17)2-3-16(19)23/h4,6,11-17,21-23H,2-3,5,7-10H2,1H3/t11?,12-,13-,14-,15+,16+,17+,18-,19+/m0/s1. The zero-order valence-electron chi connectivity index (χ0n) is 13.9. The first-order valence-corrected chi connectivity index (χ1v) is 10.3. The second-order valence-corrected chi connectivity index (χ2v) is 9.38. The summed E-state index contributed by atoms with van der Waals surface area (Å²) < 4.78 is 0. The van der Waals surface area contributed by atoms with Crippen LogP contribution in [0.5, 0.6) is 0 Å². The second kappa shape index (κ2) is 5.55. The fourth-order valence-electron chi connectivity index (χ4n) is 6.80. The van der Waals surface area contributed by atoms with Gasteiger partial charge in [-0.15, -0.1) is 0 Å². The van der Waals surface area contributed by atoms with Gasteiger partial charge in [0.2, 0.25) is 0 Å². The summed E-state index contributed by atoms with van der Waals surface area (Å²) in [6.45, 7) is 2.34. The van der Waals surface area contributed by atoms with Gasteiger partial charge in [0.25, 0.3) is 0 Å². The molecule has 0 radical (unpaired) electrons. The first-order valence-electron chi connectivity index (χ1n) is 9.22. The lowest BCUT2D eigenvalue weighted by molar-refractivity contribution is -0.148. The van der Waals surface area contributed by atoms with Gasteiger partial charge in [-0.3, -0.25) is 0 Å². The number of hydrogen-bond acceptors (Lipinski definition) is 3. The van der Waals surface area contributed by atoms with Crippen molar-refractivity contribution in [2.24, 2.45) is 34.5 Å². The number of hydrogen-bond donors (Lipinski definition) is 3. The van der Waals surface area contributed by atoms with Crippen molar-refractivity contribution in [1.29, 1.82) is 0 Å². The first kappa shape index (κ1) is 16.6. The first-order chi connectivity index (χ1) is 10.9. The van der Waals surface area contributed by atoms with Crippen molar-refractivity contribution in [2.45, 2.75) is 63.8 Å². The van der Waals surface area contributed by atoms with Crippen molar-refractivity contribution in [3.63, 3.8) is 0 Å². The average molecular weight is 385 g/mol. The predicted molar refractivity (Wildman–Crippen MR) is 93.2 cm³/mol. The minimum absolute atomic E-state index is 0.0385. The highest BCUT2D eigenvalue weighted by Gasteiger charge is 2.62. The van der Waals surface area contributed by atoms with Gasteiger partial charge < -0.3 is 15.3 Å². The van der Waals surface area contributed by atoms with E-state index in [9.17, 15) is 15.3 Å². The molecule has 130 valence electrons. The van der Waals surface area contributed by atoms with Gasteiger partial charge in [-0.1, -0.05) is 35.0 Å². The van der Waals surface area contributed by atoms with Crippen molar-refractivity contribution in [1.82, 2.24) is 0 Å². The van der Waals surface area contributed by atoms with E-state index in [1.807, 2.05) is 6.08 Å². The molecule has 3 N–H and O–H groups in total. The fourth-order valence-corrected chi connectivity index (χ4v) is 7.87. The lowest BCUT2D eigenvalue weighted by atomic mass is 9.45. The zero-order valence-corrected chi connectivity index (χ0v) is 15.5. The maximum atomic E-state index is 11.0. The van der Waals surface area contributed by atoms with Crippen LogP contribution < -0.4 is 0 Å². The van der Waals surface area contributed by atoms with Gasteiger partial charge in [0, 0.05) is 10.7 Å². The van der Waals surface area contributed by atoms with Crippen LogP contribution >= 0.6 is 15.9 Å². The molecule has 4 rings (SSSR count). The van der Waals surface area contributed by atoms with E-state index in [4.69, 9.17) is 0 Å². The molecule has 4 aliphatic rings. The highest BCUT2D eigenvalue weighted by atomic mass is 79.9. The molecule has 0 aromatic rings. The lowest BCUT2D eigenvalue weighted by Crippen LogP contribution is -2.58. The summed E-state index contributed by atoms with van der Waals surface area (Å²) in [6, 6.07) is 0. The Hall–Kier alpha value is 0.100. The summed E-state index contributed by atoms with van der Waals surface area (Å²) in [4.78, 5) is 0. The van der Waals surface area contributed by atoms with Crippen LogP contribution in [0.1, 0.15) is 45.4 Å². The number of aliphatic hydroxyl groups excluding tert-OH is 3. The van der Waals surface area contributed by atoms with Gasteiger partial charge in [0.1, 0.15) is 0 Å². The summed E-state index contributed by atoms with van der Waals surface area (Å²) in [6.07, 6.45) is 8.98. The largest absolute Gasteiger partial charge is 0.393 e. The quantitative estimate of drug-likeness (QED) is 0.481. The van der Waals surface area contributed by atoms with E-state index >= 15 is 0 Å². The minimum Gasteiger partial charge on any atom is -0.393 e. The molecule has 0 heterocycles. The van der Waals surface area contributed by atoms with E-state index in [0.29, 0.717) is 23.7 Å². The molecule has 4 aliphatic carbocycles. The maximum absolute atomic E-state index is 11.0. The average Bonchev–Trinajstić information content (AvgIpc) is 2.87. The number of fused-ring (bicyclic) bond motifs is 5.